The van der Waals surface area contributed by atoms with E-state index in [0.29, 0.717) is 11.0 Å². The first-order valence-corrected chi connectivity index (χ1v) is 4.28. The number of hydrogen-bond donors (Lipinski definition) is 0. The molecule has 2 aromatic rings. The van der Waals surface area contributed by atoms with Crippen LogP contribution in [0, 0.1) is 0 Å². The van der Waals surface area contributed by atoms with E-state index in [2.05, 4.69) is 4.98 Å². The van der Waals surface area contributed by atoms with Crippen molar-refractivity contribution >= 4 is 28.7 Å². The lowest BCUT2D eigenvalue weighted by atomic mass is 10.3. The van der Waals surface area contributed by atoms with Gasteiger partial charge < -0.3 is 9.32 Å². The second kappa shape index (κ2) is 2.92. The molecule has 0 fully saturated rings. The van der Waals surface area contributed by atoms with Crippen molar-refractivity contribution < 1.29 is 4.42 Å². The van der Waals surface area contributed by atoms with Crippen molar-refractivity contribution in [1.29, 1.82) is 0 Å². The first kappa shape index (κ1) is 8.38. The zero-order chi connectivity index (χ0) is 9.42. The van der Waals surface area contributed by atoms with Crippen LogP contribution in [0.25, 0.3) is 11.1 Å². The van der Waals surface area contributed by atoms with Gasteiger partial charge in [-0.2, -0.15) is 4.98 Å². The fraction of sp³-hybridized carbons (Fsp3) is 0.222. The van der Waals surface area contributed by atoms with Gasteiger partial charge >= 0.3 is 0 Å². The van der Waals surface area contributed by atoms with Crippen molar-refractivity contribution in [1.82, 2.24) is 4.98 Å². The van der Waals surface area contributed by atoms with Crippen LogP contribution in [-0.4, -0.2) is 19.1 Å². The molecule has 2 rings (SSSR count). The molecular weight excluding hydrogens is 188 g/mol. The highest BCUT2D eigenvalue weighted by Gasteiger charge is 2.06. The number of benzene rings is 1. The molecule has 0 N–H and O–H groups in total. The van der Waals surface area contributed by atoms with Crippen molar-refractivity contribution in [3.8, 4) is 0 Å². The van der Waals surface area contributed by atoms with Gasteiger partial charge in [0.15, 0.2) is 5.58 Å². The zero-order valence-electron chi connectivity index (χ0n) is 7.41. The summed E-state index contributed by atoms with van der Waals surface area (Å²) in [6, 6.07) is 5.99. The van der Waals surface area contributed by atoms with Gasteiger partial charge in [-0.25, -0.2) is 0 Å². The molecule has 1 aromatic heterocycles. The third-order valence-electron chi connectivity index (χ3n) is 1.72. The van der Waals surface area contributed by atoms with Gasteiger partial charge in [0.2, 0.25) is 0 Å². The summed E-state index contributed by atoms with van der Waals surface area (Å²) in [6.07, 6.45) is 0. The Bertz CT molecular complexity index is 436. The molecule has 4 heteroatoms. The second-order valence-corrected chi connectivity index (χ2v) is 3.44. The van der Waals surface area contributed by atoms with E-state index in [4.69, 9.17) is 16.0 Å². The maximum atomic E-state index is 5.81. The summed E-state index contributed by atoms with van der Waals surface area (Å²) in [7, 11) is 3.76. The minimum atomic E-state index is 0.595. The summed E-state index contributed by atoms with van der Waals surface area (Å²) < 4.78 is 5.44. The Morgan fingerprint density at radius 2 is 2.15 bits per heavy atom. The average molecular weight is 197 g/mol. The average Bonchev–Trinajstić information content (AvgIpc) is 2.46. The molecule has 0 spiro atoms. The third-order valence-corrected chi connectivity index (χ3v) is 1.96. The van der Waals surface area contributed by atoms with E-state index in [9.17, 15) is 0 Å². The van der Waals surface area contributed by atoms with Crippen LogP contribution < -0.4 is 4.90 Å². The predicted octanol–water partition coefficient (Wildman–Crippen LogP) is 2.55. The zero-order valence-corrected chi connectivity index (χ0v) is 8.17. The van der Waals surface area contributed by atoms with Crippen molar-refractivity contribution in [3.05, 3.63) is 23.2 Å². The standard InChI is InChI=1S/C9H9ClN2O/c1-12(2)9-11-7-4-3-6(10)5-8(7)13-9/h3-5H,1-2H3. The van der Waals surface area contributed by atoms with Crippen LogP contribution in [0.1, 0.15) is 0 Å². The maximum absolute atomic E-state index is 5.81. The van der Waals surface area contributed by atoms with Crippen molar-refractivity contribution in [2.24, 2.45) is 0 Å². The van der Waals surface area contributed by atoms with Crippen LogP contribution in [0.4, 0.5) is 6.01 Å². The molecule has 0 atom stereocenters. The Morgan fingerprint density at radius 1 is 1.38 bits per heavy atom. The van der Waals surface area contributed by atoms with E-state index in [1.165, 1.54) is 0 Å². The quantitative estimate of drug-likeness (QED) is 0.702. The number of nitrogens with zero attached hydrogens (tertiary/aromatic N) is 2. The number of anilines is 1. The van der Waals surface area contributed by atoms with E-state index < -0.39 is 0 Å². The fourth-order valence-corrected chi connectivity index (χ4v) is 1.24. The number of aromatic nitrogens is 1. The van der Waals surface area contributed by atoms with Crippen LogP contribution in [0.5, 0.6) is 0 Å². The van der Waals surface area contributed by atoms with Crippen molar-refractivity contribution in [2.45, 2.75) is 0 Å². The summed E-state index contributed by atoms with van der Waals surface area (Å²) in [5, 5.41) is 0.661. The number of rotatable bonds is 1. The second-order valence-electron chi connectivity index (χ2n) is 3.00. The van der Waals surface area contributed by atoms with Crippen LogP contribution in [0.15, 0.2) is 22.6 Å². The van der Waals surface area contributed by atoms with Crippen molar-refractivity contribution in [3.63, 3.8) is 0 Å². The van der Waals surface area contributed by atoms with Gasteiger partial charge in [-0.1, -0.05) is 11.6 Å². The van der Waals surface area contributed by atoms with Gasteiger partial charge in [-0.05, 0) is 12.1 Å². The molecule has 0 bridgehead atoms. The highest BCUT2D eigenvalue weighted by Crippen LogP contribution is 2.23. The van der Waals surface area contributed by atoms with E-state index in [-0.39, 0.29) is 0 Å². The smallest absolute Gasteiger partial charge is 0.297 e. The minimum absolute atomic E-state index is 0.595. The Balaban J connectivity index is 2.62. The molecule has 0 saturated heterocycles. The summed E-state index contributed by atoms with van der Waals surface area (Å²) in [4.78, 5) is 6.07. The monoisotopic (exact) mass is 196 g/mol. The van der Waals surface area contributed by atoms with Gasteiger partial charge in [-0.15, -0.1) is 0 Å². The first-order valence-electron chi connectivity index (χ1n) is 3.90. The SMILES string of the molecule is CN(C)c1nc2ccc(Cl)cc2o1. The van der Waals surface area contributed by atoms with E-state index in [1.54, 1.807) is 12.1 Å². The van der Waals surface area contributed by atoms with Gasteiger partial charge in [0.1, 0.15) is 5.52 Å². The lowest BCUT2D eigenvalue weighted by Crippen LogP contribution is -2.08. The molecule has 0 aliphatic heterocycles. The molecule has 0 unspecified atom stereocenters. The Labute approximate surface area is 80.9 Å². The van der Waals surface area contributed by atoms with E-state index >= 15 is 0 Å². The van der Waals surface area contributed by atoms with Crippen LogP contribution in [-0.2, 0) is 0 Å². The fourth-order valence-electron chi connectivity index (χ4n) is 1.08. The summed E-state index contributed by atoms with van der Waals surface area (Å²) >= 11 is 5.81. The first-order chi connectivity index (χ1) is 6.16. The molecule has 1 heterocycles. The number of halogens is 1. The van der Waals surface area contributed by atoms with Gasteiger partial charge in [-0.3, -0.25) is 0 Å². The molecule has 0 aliphatic rings. The number of hydrogen-bond acceptors (Lipinski definition) is 3. The van der Waals surface area contributed by atoms with E-state index in [1.807, 2.05) is 25.1 Å². The molecule has 13 heavy (non-hydrogen) atoms. The molecule has 0 amide bonds. The molecule has 1 aromatic carbocycles. The third kappa shape index (κ3) is 1.47. The van der Waals surface area contributed by atoms with E-state index in [0.717, 1.165) is 11.1 Å². The van der Waals surface area contributed by atoms with Gasteiger partial charge in [0, 0.05) is 25.2 Å². The predicted molar refractivity (Wildman–Crippen MR) is 53.3 cm³/mol. The molecule has 68 valence electrons. The van der Waals surface area contributed by atoms with Crippen LogP contribution in [0.2, 0.25) is 5.02 Å². The van der Waals surface area contributed by atoms with Crippen LogP contribution in [0.3, 0.4) is 0 Å². The minimum Gasteiger partial charge on any atom is -0.423 e. The Hall–Kier alpha value is -1.22. The maximum Gasteiger partial charge on any atom is 0.297 e. The summed E-state index contributed by atoms with van der Waals surface area (Å²) in [5.41, 5.74) is 1.55. The van der Waals surface area contributed by atoms with Crippen molar-refractivity contribution in [2.75, 3.05) is 19.0 Å². The lowest BCUT2D eigenvalue weighted by Gasteiger charge is -2.03. The topological polar surface area (TPSA) is 29.3 Å². The summed E-state index contributed by atoms with van der Waals surface area (Å²) in [5.74, 6) is 0. The molecule has 0 saturated carbocycles. The molecule has 0 radical (unpaired) electrons. The summed E-state index contributed by atoms with van der Waals surface area (Å²) in [6.45, 7) is 0. The molecular formula is C9H9ClN2O. The number of oxazole rings is 1. The number of fused-ring (bicyclic) bond motifs is 1. The Kier molecular flexibility index (Phi) is 1.88. The lowest BCUT2D eigenvalue weighted by molar-refractivity contribution is 0.597. The molecule has 3 nitrogen and oxygen atoms in total. The Morgan fingerprint density at radius 3 is 2.85 bits per heavy atom. The van der Waals surface area contributed by atoms with Gasteiger partial charge in [0.25, 0.3) is 6.01 Å². The highest BCUT2D eigenvalue weighted by molar-refractivity contribution is 6.31. The molecule has 0 aliphatic carbocycles. The largest absolute Gasteiger partial charge is 0.423 e. The van der Waals surface area contributed by atoms with Gasteiger partial charge in [0.05, 0.1) is 0 Å². The highest BCUT2D eigenvalue weighted by atomic mass is 35.5. The normalized spacial score (nSPS) is 10.7. The van der Waals surface area contributed by atoms with Crippen LogP contribution >= 0.6 is 11.6 Å².